The van der Waals surface area contributed by atoms with Crippen molar-refractivity contribution >= 4 is 5.97 Å². The summed E-state index contributed by atoms with van der Waals surface area (Å²) in [6.45, 7) is 13.1. The van der Waals surface area contributed by atoms with Crippen molar-refractivity contribution in [1.82, 2.24) is 0 Å². The molecule has 0 bridgehead atoms. The van der Waals surface area contributed by atoms with Gasteiger partial charge >= 0.3 is 5.97 Å². The second-order valence-electron chi connectivity index (χ2n) is 13.6. The number of hydrogen-bond donors (Lipinski definition) is 2. The van der Waals surface area contributed by atoms with Crippen molar-refractivity contribution in [2.24, 2.45) is 46.3 Å². The molecule has 4 heteroatoms. The smallest absolute Gasteiger partial charge is 0.302 e. The molecule has 0 amide bonds. The lowest BCUT2D eigenvalue weighted by molar-refractivity contribution is -0.195. The maximum absolute atomic E-state index is 12.0. The molecule has 4 aliphatic carbocycles. The van der Waals surface area contributed by atoms with Crippen molar-refractivity contribution in [3.05, 3.63) is 0 Å². The zero-order valence-electron chi connectivity index (χ0n) is 22.1. The Morgan fingerprint density at radius 1 is 1.03 bits per heavy atom. The van der Waals surface area contributed by atoms with Gasteiger partial charge in [-0.3, -0.25) is 4.79 Å². The normalized spacial score (nSPS) is 46.8. The first kappa shape index (κ1) is 25.5. The standard InChI is InChI=1S/C29H50O4/c1-18(2)8-7-13-29(6,32)26-10-9-22-21-17-25(33-19(3)30)24-16-20(31)11-14-27(24,4)23(21)12-15-28(22,26)5/h18,20-26,31-32H,7-17H2,1-6H3/t20-,21?,22?,23?,24?,25-,26?,27+,28-,29-/m0/s1. The van der Waals surface area contributed by atoms with E-state index in [0.717, 1.165) is 44.9 Å². The largest absolute Gasteiger partial charge is 0.462 e. The van der Waals surface area contributed by atoms with Crippen molar-refractivity contribution in [1.29, 1.82) is 0 Å². The number of aliphatic hydroxyl groups excluding tert-OH is 1. The van der Waals surface area contributed by atoms with Gasteiger partial charge in [0.1, 0.15) is 6.10 Å². The van der Waals surface area contributed by atoms with Crippen LogP contribution in [0.2, 0.25) is 0 Å². The van der Waals surface area contributed by atoms with E-state index in [1.807, 2.05) is 0 Å². The van der Waals surface area contributed by atoms with E-state index in [1.54, 1.807) is 0 Å². The molecular formula is C29H50O4. The highest BCUT2D eigenvalue weighted by Gasteiger charge is 2.64. The Bertz CT molecular complexity index is 716. The van der Waals surface area contributed by atoms with E-state index in [0.29, 0.717) is 29.6 Å². The fourth-order valence-electron chi connectivity index (χ4n) is 9.65. The molecule has 5 unspecified atom stereocenters. The van der Waals surface area contributed by atoms with Crippen LogP contribution in [0.3, 0.4) is 0 Å². The molecule has 0 aromatic rings. The van der Waals surface area contributed by atoms with Gasteiger partial charge in [0.25, 0.3) is 0 Å². The van der Waals surface area contributed by atoms with Gasteiger partial charge in [-0.25, -0.2) is 0 Å². The first-order valence-electron chi connectivity index (χ1n) is 14.0. The predicted octanol–water partition coefficient (Wildman–Crippen LogP) is 6.13. The van der Waals surface area contributed by atoms with Crippen molar-refractivity contribution in [3.8, 4) is 0 Å². The summed E-state index contributed by atoms with van der Waals surface area (Å²) in [6, 6.07) is 0. The first-order chi connectivity index (χ1) is 15.4. The van der Waals surface area contributed by atoms with Gasteiger partial charge in [0, 0.05) is 12.8 Å². The molecule has 4 nitrogen and oxygen atoms in total. The fraction of sp³-hybridized carbons (Fsp3) is 0.966. The van der Waals surface area contributed by atoms with Gasteiger partial charge in [-0.15, -0.1) is 0 Å². The number of fused-ring (bicyclic) bond motifs is 5. The van der Waals surface area contributed by atoms with Crippen molar-refractivity contribution in [2.75, 3.05) is 0 Å². The summed E-state index contributed by atoms with van der Waals surface area (Å²) >= 11 is 0. The van der Waals surface area contributed by atoms with E-state index in [1.165, 1.54) is 32.6 Å². The first-order valence-corrected chi connectivity index (χ1v) is 14.0. The second kappa shape index (κ2) is 9.12. The zero-order chi connectivity index (χ0) is 24.2. The Morgan fingerprint density at radius 2 is 1.70 bits per heavy atom. The van der Waals surface area contributed by atoms with Gasteiger partial charge in [-0.2, -0.15) is 0 Å². The predicted molar refractivity (Wildman–Crippen MR) is 131 cm³/mol. The molecule has 0 aliphatic heterocycles. The molecular weight excluding hydrogens is 412 g/mol. The lowest BCUT2D eigenvalue weighted by atomic mass is 9.43. The minimum absolute atomic E-state index is 0.0725. The van der Waals surface area contributed by atoms with E-state index in [4.69, 9.17) is 4.74 Å². The van der Waals surface area contributed by atoms with Crippen molar-refractivity contribution in [2.45, 2.75) is 130 Å². The highest BCUT2D eigenvalue weighted by atomic mass is 16.5. The maximum atomic E-state index is 12.0. The topological polar surface area (TPSA) is 66.8 Å². The molecule has 0 radical (unpaired) electrons. The molecule has 0 aromatic heterocycles. The van der Waals surface area contributed by atoms with E-state index in [9.17, 15) is 15.0 Å². The Balaban J connectivity index is 1.58. The molecule has 10 atom stereocenters. The van der Waals surface area contributed by atoms with Crippen LogP contribution in [0.15, 0.2) is 0 Å². The third-order valence-corrected chi connectivity index (χ3v) is 11.2. The molecule has 2 N–H and O–H groups in total. The molecule has 33 heavy (non-hydrogen) atoms. The number of ether oxygens (including phenoxy) is 1. The van der Waals surface area contributed by atoms with E-state index in [-0.39, 0.29) is 34.9 Å². The van der Waals surface area contributed by atoms with E-state index < -0.39 is 5.60 Å². The quantitative estimate of drug-likeness (QED) is 0.466. The minimum atomic E-state index is -0.601. The van der Waals surface area contributed by atoms with Gasteiger partial charge in [-0.05, 0) is 105 Å². The van der Waals surface area contributed by atoms with E-state index in [2.05, 4.69) is 34.6 Å². The van der Waals surface area contributed by atoms with Crippen LogP contribution in [0.1, 0.15) is 112 Å². The Labute approximate surface area is 202 Å². The molecule has 0 spiro atoms. The number of rotatable bonds is 6. The molecule has 190 valence electrons. The maximum Gasteiger partial charge on any atom is 0.302 e. The van der Waals surface area contributed by atoms with Crippen molar-refractivity contribution < 1.29 is 19.7 Å². The van der Waals surface area contributed by atoms with Crippen LogP contribution in [-0.2, 0) is 9.53 Å². The van der Waals surface area contributed by atoms with Crippen LogP contribution in [-0.4, -0.2) is 34.0 Å². The highest BCUT2D eigenvalue weighted by Crippen LogP contribution is 2.69. The van der Waals surface area contributed by atoms with Gasteiger partial charge in [0.05, 0.1) is 11.7 Å². The monoisotopic (exact) mass is 462 g/mol. The molecule has 4 fully saturated rings. The van der Waals surface area contributed by atoms with Gasteiger partial charge in [-0.1, -0.05) is 40.5 Å². The molecule has 0 aromatic carbocycles. The second-order valence-corrected chi connectivity index (χ2v) is 13.6. The summed E-state index contributed by atoms with van der Waals surface area (Å²) in [6.07, 6.45) is 11.2. The average Bonchev–Trinajstić information content (AvgIpc) is 3.07. The van der Waals surface area contributed by atoms with Gasteiger partial charge in [0.15, 0.2) is 0 Å². The summed E-state index contributed by atoms with van der Waals surface area (Å²) in [5.74, 6) is 2.93. The van der Waals surface area contributed by atoms with Gasteiger partial charge in [0.2, 0.25) is 0 Å². The Kier molecular flexibility index (Phi) is 7.04. The highest BCUT2D eigenvalue weighted by molar-refractivity contribution is 5.66. The van der Waals surface area contributed by atoms with Crippen LogP contribution >= 0.6 is 0 Å². The van der Waals surface area contributed by atoms with Crippen molar-refractivity contribution in [3.63, 3.8) is 0 Å². The van der Waals surface area contributed by atoms with Crippen LogP contribution in [0.4, 0.5) is 0 Å². The van der Waals surface area contributed by atoms with Gasteiger partial charge < -0.3 is 14.9 Å². The summed E-state index contributed by atoms with van der Waals surface area (Å²) in [4.78, 5) is 12.0. The number of carbonyl (C=O) groups excluding carboxylic acids is 1. The number of esters is 1. The summed E-state index contributed by atoms with van der Waals surface area (Å²) in [5.41, 5.74) is -0.293. The Morgan fingerprint density at radius 3 is 2.36 bits per heavy atom. The molecule has 0 heterocycles. The summed E-state index contributed by atoms with van der Waals surface area (Å²) in [5, 5.41) is 22.1. The third kappa shape index (κ3) is 4.53. The lowest BCUT2D eigenvalue weighted by Gasteiger charge is -2.62. The van der Waals surface area contributed by atoms with Crippen LogP contribution in [0.25, 0.3) is 0 Å². The fourth-order valence-corrected chi connectivity index (χ4v) is 9.65. The minimum Gasteiger partial charge on any atom is -0.462 e. The lowest BCUT2D eigenvalue weighted by Crippen LogP contribution is -2.59. The van der Waals surface area contributed by atoms with Crippen LogP contribution < -0.4 is 0 Å². The molecule has 4 saturated carbocycles. The molecule has 0 saturated heterocycles. The Hall–Kier alpha value is -0.610. The summed E-state index contributed by atoms with van der Waals surface area (Å²) in [7, 11) is 0. The SMILES string of the molecule is CC(=O)O[C@H]1CC2C3CCC([C@@](C)(O)CCCC(C)C)[C@@]3(C)CCC2[C@@]2(C)CC[C@H](O)CC12. The molecule has 4 aliphatic rings. The average molecular weight is 463 g/mol. The third-order valence-electron chi connectivity index (χ3n) is 11.2. The molecule has 4 rings (SSSR count). The number of aliphatic hydroxyl groups is 2. The van der Waals surface area contributed by atoms with Crippen LogP contribution in [0, 0.1) is 46.3 Å². The number of carbonyl (C=O) groups is 1. The zero-order valence-corrected chi connectivity index (χ0v) is 22.1. The number of hydrogen-bond acceptors (Lipinski definition) is 4. The summed E-state index contributed by atoms with van der Waals surface area (Å²) < 4.78 is 5.97. The van der Waals surface area contributed by atoms with Crippen LogP contribution in [0.5, 0.6) is 0 Å². The van der Waals surface area contributed by atoms with E-state index >= 15 is 0 Å².